The number of hydrogen-bond donors (Lipinski definition) is 2. The summed E-state index contributed by atoms with van der Waals surface area (Å²) in [5, 5.41) is 3.68. The standard InChI is InChI=1S/C20H24BrN3O5/c1-12(24-7-5-20(6-8-24)28-9-10-29-20)18(25)23-16-14-11-13(21)3-4-15(14)22-17(16)19(26)27-2/h3-4,11-12,22H,5-10H2,1-2H3,(H,23,25)/t12-/m1/s1. The molecule has 3 heterocycles. The number of H-pyrrole nitrogens is 1. The van der Waals surface area contributed by atoms with Gasteiger partial charge in [-0.2, -0.15) is 0 Å². The SMILES string of the molecule is COC(=O)c1[nH]c2ccc(Br)cc2c1NC(=O)[C@@H](C)N1CCC2(CC1)OCCO2. The fourth-order valence-corrected chi connectivity index (χ4v) is 4.34. The Bertz CT molecular complexity index is 928. The molecule has 1 aromatic heterocycles. The minimum atomic E-state index is -0.532. The van der Waals surface area contributed by atoms with Gasteiger partial charge in [0.2, 0.25) is 5.91 Å². The Morgan fingerprint density at radius 1 is 1.28 bits per heavy atom. The van der Waals surface area contributed by atoms with Crippen molar-refractivity contribution in [3.63, 3.8) is 0 Å². The lowest BCUT2D eigenvalue weighted by Crippen LogP contribution is -2.51. The number of nitrogens with zero attached hydrogens (tertiary/aromatic N) is 1. The highest BCUT2D eigenvalue weighted by molar-refractivity contribution is 9.10. The second-order valence-electron chi connectivity index (χ2n) is 7.37. The van der Waals surface area contributed by atoms with Crippen molar-refractivity contribution in [3.8, 4) is 0 Å². The molecule has 2 saturated heterocycles. The van der Waals surface area contributed by atoms with Gasteiger partial charge in [0.25, 0.3) is 0 Å². The Kier molecular flexibility index (Phi) is 5.65. The molecule has 1 spiro atoms. The maximum Gasteiger partial charge on any atom is 0.356 e. The minimum Gasteiger partial charge on any atom is -0.464 e. The van der Waals surface area contributed by atoms with Gasteiger partial charge in [-0.25, -0.2) is 4.79 Å². The number of likely N-dealkylation sites (tertiary alicyclic amines) is 1. The number of esters is 1. The first-order valence-corrected chi connectivity index (χ1v) is 10.4. The van der Waals surface area contributed by atoms with Crippen molar-refractivity contribution < 1.29 is 23.8 Å². The molecular weight excluding hydrogens is 442 g/mol. The number of hydrogen-bond acceptors (Lipinski definition) is 6. The number of amides is 1. The number of piperidine rings is 1. The number of nitrogens with one attached hydrogen (secondary N) is 2. The lowest BCUT2D eigenvalue weighted by Gasteiger charge is -2.39. The van der Waals surface area contributed by atoms with Crippen molar-refractivity contribution in [2.75, 3.05) is 38.7 Å². The van der Waals surface area contributed by atoms with E-state index in [9.17, 15) is 9.59 Å². The molecule has 8 nitrogen and oxygen atoms in total. The van der Waals surface area contributed by atoms with E-state index in [1.165, 1.54) is 7.11 Å². The van der Waals surface area contributed by atoms with Crippen LogP contribution in [0, 0.1) is 0 Å². The summed E-state index contributed by atoms with van der Waals surface area (Å²) in [7, 11) is 1.31. The highest BCUT2D eigenvalue weighted by atomic mass is 79.9. The molecule has 1 amide bonds. The van der Waals surface area contributed by atoms with Gasteiger partial charge in [-0.3, -0.25) is 9.69 Å². The molecule has 0 aliphatic carbocycles. The second-order valence-corrected chi connectivity index (χ2v) is 8.28. The van der Waals surface area contributed by atoms with Crippen LogP contribution in [0.3, 0.4) is 0 Å². The van der Waals surface area contributed by atoms with E-state index < -0.39 is 11.8 Å². The van der Waals surface area contributed by atoms with E-state index in [4.69, 9.17) is 14.2 Å². The molecular formula is C20H24BrN3O5. The van der Waals surface area contributed by atoms with Gasteiger partial charge >= 0.3 is 5.97 Å². The minimum absolute atomic E-state index is 0.180. The predicted octanol–water partition coefficient (Wildman–Crippen LogP) is 2.88. The number of methoxy groups -OCH3 is 1. The van der Waals surface area contributed by atoms with Crippen LogP contribution in [0.15, 0.2) is 22.7 Å². The average Bonchev–Trinajstić information content (AvgIpc) is 3.32. The zero-order chi connectivity index (χ0) is 20.6. The zero-order valence-corrected chi connectivity index (χ0v) is 18.0. The predicted molar refractivity (Wildman–Crippen MR) is 111 cm³/mol. The largest absolute Gasteiger partial charge is 0.464 e. The van der Waals surface area contributed by atoms with Crippen molar-refractivity contribution in [1.82, 2.24) is 9.88 Å². The van der Waals surface area contributed by atoms with Gasteiger partial charge in [-0.15, -0.1) is 0 Å². The summed E-state index contributed by atoms with van der Waals surface area (Å²) in [6.07, 6.45) is 1.47. The van der Waals surface area contributed by atoms with Crippen molar-refractivity contribution in [2.24, 2.45) is 0 Å². The molecule has 2 N–H and O–H groups in total. The molecule has 2 aromatic rings. The molecule has 0 bridgehead atoms. The lowest BCUT2D eigenvalue weighted by molar-refractivity contribution is -0.187. The van der Waals surface area contributed by atoms with Gasteiger partial charge < -0.3 is 24.5 Å². The summed E-state index contributed by atoms with van der Waals surface area (Å²) in [5.74, 6) is -1.19. The number of halogens is 1. The molecule has 2 fully saturated rings. The fourth-order valence-electron chi connectivity index (χ4n) is 3.98. The smallest absolute Gasteiger partial charge is 0.356 e. The third kappa shape index (κ3) is 3.92. The van der Waals surface area contributed by atoms with Crippen LogP contribution in [0.2, 0.25) is 0 Å². The molecule has 4 rings (SSSR count). The van der Waals surface area contributed by atoms with Crippen LogP contribution in [0.25, 0.3) is 10.9 Å². The Hall–Kier alpha value is -1.94. The molecule has 2 aliphatic rings. The monoisotopic (exact) mass is 465 g/mol. The van der Waals surface area contributed by atoms with Crippen LogP contribution in [-0.2, 0) is 19.0 Å². The number of ether oxygens (including phenoxy) is 3. The van der Waals surface area contributed by atoms with Gasteiger partial charge in [0, 0.05) is 41.3 Å². The fraction of sp³-hybridized carbons (Fsp3) is 0.500. The summed E-state index contributed by atoms with van der Waals surface area (Å²) < 4.78 is 17.2. The normalized spacial score (nSPS) is 20.1. The number of rotatable bonds is 4. The summed E-state index contributed by atoms with van der Waals surface area (Å²) in [4.78, 5) is 30.4. The van der Waals surface area contributed by atoms with Crippen LogP contribution in [-0.4, -0.2) is 67.0 Å². The van der Waals surface area contributed by atoms with E-state index in [-0.39, 0.29) is 17.6 Å². The van der Waals surface area contributed by atoms with Gasteiger partial charge in [-0.05, 0) is 25.1 Å². The van der Waals surface area contributed by atoms with Crippen molar-refractivity contribution in [2.45, 2.75) is 31.6 Å². The maximum absolute atomic E-state index is 13.0. The molecule has 0 radical (unpaired) electrons. The number of benzene rings is 1. The first-order chi connectivity index (χ1) is 13.9. The molecule has 9 heteroatoms. The number of aromatic amines is 1. The topological polar surface area (TPSA) is 92.9 Å². The maximum atomic E-state index is 13.0. The molecule has 156 valence electrons. The van der Waals surface area contributed by atoms with E-state index in [0.717, 1.165) is 28.2 Å². The lowest BCUT2D eigenvalue weighted by atomic mass is 10.0. The summed E-state index contributed by atoms with van der Waals surface area (Å²) in [6, 6.07) is 5.20. The number of anilines is 1. The van der Waals surface area contributed by atoms with E-state index in [2.05, 4.69) is 31.1 Å². The van der Waals surface area contributed by atoms with Crippen LogP contribution < -0.4 is 5.32 Å². The second kappa shape index (κ2) is 8.06. The van der Waals surface area contributed by atoms with Gasteiger partial charge in [0.05, 0.1) is 32.1 Å². The molecule has 0 saturated carbocycles. The van der Waals surface area contributed by atoms with Crippen molar-refractivity contribution >= 4 is 44.4 Å². The molecule has 29 heavy (non-hydrogen) atoms. The summed E-state index contributed by atoms with van der Waals surface area (Å²) in [6.45, 7) is 4.53. The average molecular weight is 466 g/mol. The number of aromatic nitrogens is 1. The van der Waals surface area contributed by atoms with Crippen LogP contribution >= 0.6 is 15.9 Å². The Morgan fingerprint density at radius 2 is 1.97 bits per heavy atom. The van der Waals surface area contributed by atoms with Gasteiger partial charge in [-0.1, -0.05) is 15.9 Å². The molecule has 2 aliphatic heterocycles. The first-order valence-electron chi connectivity index (χ1n) is 9.65. The van der Waals surface area contributed by atoms with Crippen LogP contribution in [0.5, 0.6) is 0 Å². The quantitative estimate of drug-likeness (QED) is 0.674. The zero-order valence-electron chi connectivity index (χ0n) is 16.4. The van der Waals surface area contributed by atoms with Gasteiger partial charge in [0.1, 0.15) is 5.69 Å². The van der Waals surface area contributed by atoms with Crippen molar-refractivity contribution in [1.29, 1.82) is 0 Å². The van der Waals surface area contributed by atoms with E-state index in [1.54, 1.807) is 0 Å². The highest BCUT2D eigenvalue weighted by Gasteiger charge is 2.41. The van der Waals surface area contributed by atoms with Crippen molar-refractivity contribution in [3.05, 3.63) is 28.4 Å². The first kappa shape index (κ1) is 20.3. The molecule has 0 unspecified atom stereocenters. The molecule has 1 atom stereocenters. The highest BCUT2D eigenvalue weighted by Crippen LogP contribution is 2.33. The third-order valence-electron chi connectivity index (χ3n) is 5.70. The summed E-state index contributed by atoms with van der Waals surface area (Å²) >= 11 is 3.44. The van der Waals surface area contributed by atoms with E-state index in [0.29, 0.717) is 32.0 Å². The van der Waals surface area contributed by atoms with Crippen LogP contribution in [0.1, 0.15) is 30.3 Å². The number of fused-ring (bicyclic) bond motifs is 1. The number of carbonyl (C=O) groups is 2. The summed E-state index contributed by atoms with van der Waals surface area (Å²) in [5.41, 5.74) is 1.40. The number of carbonyl (C=O) groups excluding carboxylic acids is 2. The molecule has 1 aromatic carbocycles. The van der Waals surface area contributed by atoms with Gasteiger partial charge in [0.15, 0.2) is 5.79 Å². The van der Waals surface area contributed by atoms with E-state index >= 15 is 0 Å². The Morgan fingerprint density at radius 3 is 2.62 bits per heavy atom. The van der Waals surface area contributed by atoms with E-state index in [1.807, 2.05) is 25.1 Å². The third-order valence-corrected chi connectivity index (χ3v) is 6.19. The van der Waals surface area contributed by atoms with Crippen LogP contribution in [0.4, 0.5) is 5.69 Å². The Labute approximate surface area is 177 Å². The Balaban J connectivity index is 1.52.